The normalized spacial score (nSPS) is 11.2. The molecule has 0 radical (unpaired) electrons. The Hall–Kier alpha value is -2.34. The zero-order valence-corrected chi connectivity index (χ0v) is 15.8. The minimum Gasteiger partial charge on any atom is -0.465 e. The molecule has 0 aliphatic heterocycles. The Balaban J connectivity index is 1.85. The summed E-state index contributed by atoms with van der Waals surface area (Å²) in [6, 6.07) is 11.7. The molecule has 0 atom stereocenters. The lowest BCUT2D eigenvalue weighted by atomic mass is 10.1. The fourth-order valence-electron chi connectivity index (χ4n) is 2.32. The molecular weight excluding hydrogens is 334 g/mol. The molecule has 134 valence electrons. The summed E-state index contributed by atoms with van der Waals surface area (Å²) in [6.45, 7) is 6.43. The van der Waals surface area contributed by atoms with Gasteiger partial charge in [0.15, 0.2) is 5.96 Å². The molecule has 0 aliphatic rings. The van der Waals surface area contributed by atoms with Crippen LogP contribution in [0.25, 0.3) is 0 Å². The predicted molar refractivity (Wildman–Crippen MR) is 103 cm³/mol. The van der Waals surface area contributed by atoms with E-state index in [9.17, 15) is 4.79 Å². The van der Waals surface area contributed by atoms with Crippen molar-refractivity contribution in [2.45, 2.75) is 26.8 Å². The molecule has 1 heterocycles. The van der Waals surface area contributed by atoms with E-state index in [4.69, 9.17) is 4.74 Å². The summed E-state index contributed by atoms with van der Waals surface area (Å²) >= 11 is 1.77. The van der Waals surface area contributed by atoms with E-state index in [2.05, 4.69) is 41.6 Å². The molecule has 0 aliphatic carbocycles. The molecule has 0 unspecified atom stereocenters. The second-order valence-electron chi connectivity index (χ2n) is 5.57. The second kappa shape index (κ2) is 9.84. The van der Waals surface area contributed by atoms with Gasteiger partial charge in [0.25, 0.3) is 0 Å². The van der Waals surface area contributed by atoms with E-state index in [1.807, 2.05) is 12.1 Å². The summed E-state index contributed by atoms with van der Waals surface area (Å²) in [6.07, 6.45) is 0.851. The lowest BCUT2D eigenvalue weighted by Crippen LogP contribution is -2.38. The van der Waals surface area contributed by atoms with Crippen LogP contribution in [0.5, 0.6) is 0 Å². The summed E-state index contributed by atoms with van der Waals surface area (Å²) < 4.78 is 4.71. The molecule has 25 heavy (non-hydrogen) atoms. The highest BCUT2D eigenvalue weighted by molar-refractivity contribution is 7.11. The maximum absolute atomic E-state index is 11.4. The molecule has 0 saturated heterocycles. The zero-order chi connectivity index (χ0) is 18.1. The van der Waals surface area contributed by atoms with Gasteiger partial charge in [0.1, 0.15) is 0 Å². The van der Waals surface area contributed by atoms with Crippen LogP contribution in [0.4, 0.5) is 0 Å². The van der Waals surface area contributed by atoms with Crippen molar-refractivity contribution in [3.8, 4) is 0 Å². The van der Waals surface area contributed by atoms with Gasteiger partial charge in [-0.15, -0.1) is 11.3 Å². The molecule has 2 aromatic rings. The SMILES string of the molecule is CCNC(=NCc1ccc(C)s1)NCCc1ccc(C(=O)OC)cc1. The van der Waals surface area contributed by atoms with Crippen molar-refractivity contribution in [1.82, 2.24) is 10.6 Å². The van der Waals surface area contributed by atoms with Gasteiger partial charge in [0.05, 0.1) is 19.2 Å². The van der Waals surface area contributed by atoms with E-state index in [0.29, 0.717) is 12.1 Å². The number of thiophene rings is 1. The van der Waals surface area contributed by atoms with Gasteiger partial charge >= 0.3 is 5.97 Å². The number of methoxy groups -OCH3 is 1. The van der Waals surface area contributed by atoms with Crippen molar-refractivity contribution in [3.63, 3.8) is 0 Å². The van der Waals surface area contributed by atoms with Crippen molar-refractivity contribution in [2.75, 3.05) is 20.2 Å². The molecule has 0 saturated carbocycles. The zero-order valence-electron chi connectivity index (χ0n) is 15.0. The van der Waals surface area contributed by atoms with E-state index >= 15 is 0 Å². The number of guanidine groups is 1. The topological polar surface area (TPSA) is 62.7 Å². The van der Waals surface area contributed by atoms with E-state index in [1.54, 1.807) is 23.5 Å². The largest absolute Gasteiger partial charge is 0.465 e. The van der Waals surface area contributed by atoms with Gasteiger partial charge in [-0.25, -0.2) is 9.79 Å². The molecule has 1 aromatic carbocycles. The predicted octanol–water partition coefficient (Wildman–Crippen LogP) is 3.14. The van der Waals surface area contributed by atoms with Gasteiger partial charge in [-0.1, -0.05) is 12.1 Å². The Kier molecular flexibility index (Phi) is 7.47. The minimum absolute atomic E-state index is 0.310. The van der Waals surface area contributed by atoms with E-state index < -0.39 is 0 Å². The molecular formula is C19H25N3O2S. The Labute approximate surface area is 153 Å². The number of aryl methyl sites for hydroxylation is 1. The number of hydrogen-bond acceptors (Lipinski definition) is 4. The molecule has 2 N–H and O–H groups in total. The molecule has 2 rings (SSSR count). The monoisotopic (exact) mass is 359 g/mol. The Morgan fingerprint density at radius 1 is 1.16 bits per heavy atom. The average molecular weight is 359 g/mol. The third-order valence-corrected chi connectivity index (χ3v) is 4.60. The standard InChI is InChI=1S/C19H25N3O2S/c1-4-20-19(22-13-17-10-5-14(2)25-17)21-12-11-15-6-8-16(9-7-15)18(23)24-3/h5-10H,4,11-13H2,1-3H3,(H2,20,21,22). The lowest BCUT2D eigenvalue weighted by molar-refractivity contribution is 0.0600. The van der Waals surface area contributed by atoms with Crippen LogP contribution in [0.3, 0.4) is 0 Å². The van der Waals surface area contributed by atoms with Crippen LogP contribution >= 0.6 is 11.3 Å². The number of carbonyl (C=O) groups excluding carboxylic acids is 1. The second-order valence-corrected chi connectivity index (χ2v) is 6.95. The van der Waals surface area contributed by atoms with Gasteiger partial charge in [-0.3, -0.25) is 0 Å². The van der Waals surface area contributed by atoms with Crippen LogP contribution in [0.15, 0.2) is 41.4 Å². The molecule has 6 heteroatoms. The van der Waals surface area contributed by atoms with Gasteiger partial charge in [-0.05, 0) is 50.1 Å². The molecule has 0 bridgehead atoms. The summed E-state index contributed by atoms with van der Waals surface area (Å²) in [5.74, 6) is 0.509. The van der Waals surface area contributed by atoms with Crippen LogP contribution in [0.2, 0.25) is 0 Å². The van der Waals surface area contributed by atoms with E-state index in [1.165, 1.54) is 16.9 Å². The summed E-state index contributed by atoms with van der Waals surface area (Å²) in [5.41, 5.74) is 1.73. The molecule has 0 fully saturated rings. The number of esters is 1. The van der Waals surface area contributed by atoms with Crippen LogP contribution in [-0.4, -0.2) is 32.1 Å². The first-order chi connectivity index (χ1) is 12.1. The number of rotatable bonds is 7. The van der Waals surface area contributed by atoms with Gasteiger partial charge in [0.2, 0.25) is 0 Å². The van der Waals surface area contributed by atoms with Crippen LogP contribution < -0.4 is 10.6 Å². The Bertz CT molecular complexity index is 708. The van der Waals surface area contributed by atoms with Crippen molar-refractivity contribution in [2.24, 2.45) is 4.99 Å². The average Bonchev–Trinajstić information content (AvgIpc) is 3.05. The van der Waals surface area contributed by atoms with E-state index in [0.717, 1.165) is 31.0 Å². The highest BCUT2D eigenvalue weighted by atomic mass is 32.1. The van der Waals surface area contributed by atoms with Crippen LogP contribution in [0, 0.1) is 6.92 Å². The molecule has 1 aromatic heterocycles. The number of aliphatic imine (C=N–C) groups is 1. The Morgan fingerprint density at radius 2 is 1.92 bits per heavy atom. The fourth-order valence-corrected chi connectivity index (χ4v) is 3.13. The highest BCUT2D eigenvalue weighted by Crippen LogP contribution is 2.15. The maximum Gasteiger partial charge on any atom is 0.337 e. The summed E-state index contributed by atoms with van der Waals surface area (Å²) in [4.78, 5) is 18.6. The number of nitrogens with one attached hydrogen (secondary N) is 2. The Morgan fingerprint density at radius 3 is 2.52 bits per heavy atom. The fraction of sp³-hybridized carbons (Fsp3) is 0.368. The van der Waals surface area contributed by atoms with Crippen molar-refractivity contribution >= 4 is 23.3 Å². The van der Waals surface area contributed by atoms with Crippen LogP contribution in [-0.2, 0) is 17.7 Å². The van der Waals surface area contributed by atoms with Crippen LogP contribution in [0.1, 0.15) is 32.6 Å². The van der Waals surface area contributed by atoms with Crippen molar-refractivity contribution in [3.05, 3.63) is 57.3 Å². The highest BCUT2D eigenvalue weighted by Gasteiger charge is 2.04. The smallest absolute Gasteiger partial charge is 0.337 e. The first kappa shape index (κ1) is 19.0. The van der Waals surface area contributed by atoms with Crippen molar-refractivity contribution < 1.29 is 9.53 Å². The number of hydrogen-bond donors (Lipinski definition) is 2. The molecule has 0 amide bonds. The first-order valence-electron chi connectivity index (χ1n) is 8.37. The van der Waals surface area contributed by atoms with E-state index in [-0.39, 0.29) is 5.97 Å². The third kappa shape index (κ3) is 6.23. The number of nitrogens with zero attached hydrogens (tertiary/aromatic N) is 1. The number of ether oxygens (including phenoxy) is 1. The third-order valence-electron chi connectivity index (χ3n) is 3.61. The molecule has 5 nitrogen and oxygen atoms in total. The molecule has 0 spiro atoms. The van der Waals surface area contributed by atoms with Gasteiger partial charge in [-0.2, -0.15) is 0 Å². The van der Waals surface area contributed by atoms with Crippen molar-refractivity contribution in [1.29, 1.82) is 0 Å². The summed E-state index contributed by atoms with van der Waals surface area (Å²) in [7, 11) is 1.39. The summed E-state index contributed by atoms with van der Waals surface area (Å²) in [5, 5.41) is 6.61. The maximum atomic E-state index is 11.4. The quantitative estimate of drug-likeness (QED) is 0.453. The number of carbonyl (C=O) groups is 1. The minimum atomic E-state index is -0.310. The van der Waals surface area contributed by atoms with Gasteiger partial charge < -0.3 is 15.4 Å². The first-order valence-corrected chi connectivity index (χ1v) is 9.18. The van der Waals surface area contributed by atoms with Gasteiger partial charge in [0, 0.05) is 22.8 Å². The lowest BCUT2D eigenvalue weighted by Gasteiger charge is -2.11. The number of benzene rings is 1.